The molecule has 1 aliphatic heterocycles. The molecule has 2 aromatic rings. The van der Waals surface area contributed by atoms with Crippen molar-refractivity contribution in [2.75, 3.05) is 23.3 Å². The maximum Gasteiger partial charge on any atom is 0.258 e. The maximum atomic E-state index is 12.8. The Bertz CT molecular complexity index is 849. The van der Waals surface area contributed by atoms with Crippen molar-refractivity contribution in [1.82, 2.24) is 9.55 Å². The van der Waals surface area contributed by atoms with Gasteiger partial charge in [0.2, 0.25) is 11.9 Å². The van der Waals surface area contributed by atoms with Crippen molar-refractivity contribution in [3.8, 4) is 0 Å². The van der Waals surface area contributed by atoms with Gasteiger partial charge in [-0.1, -0.05) is 17.7 Å². The predicted molar refractivity (Wildman–Crippen MR) is 104 cm³/mol. The average Bonchev–Trinajstić information content (AvgIpc) is 2.64. The number of nitrogens with one attached hydrogen (secondary N) is 1. The predicted octanol–water partition coefficient (Wildman–Crippen LogP) is 2.80. The van der Waals surface area contributed by atoms with E-state index < -0.39 is 0 Å². The Labute approximate surface area is 153 Å². The van der Waals surface area contributed by atoms with Crippen LogP contribution in [0.5, 0.6) is 0 Å². The minimum atomic E-state index is -0.223. The van der Waals surface area contributed by atoms with Crippen LogP contribution in [-0.2, 0) is 11.3 Å². The summed E-state index contributed by atoms with van der Waals surface area (Å²) in [5.74, 6) is 0.385. The molecule has 0 spiro atoms. The van der Waals surface area contributed by atoms with E-state index in [4.69, 9.17) is 0 Å². The van der Waals surface area contributed by atoms with Crippen LogP contribution < -0.4 is 15.8 Å². The van der Waals surface area contributed by atoms with E-state index in [-0.39, 0.29) is 18.0 Å². The molecule has 1 aromatic carbocycles. The molecule has 0 bridgehead atoms. The van der Waals surface area contributed by atoms with Crippen molar-refractivity contribution in [1.29, 1.82) is 0 Å². The fourth-order valence-corrected chi connectivity index (χ4v) is 3.20. The van der Waals surface area contributed by atoms with Crippen molar-refractivity contribution in [2.24, 2.45) is 0 Å². The van der Waals surface area contributed by atoms with E-state index in [0.29, 0.717) is 11.5 Å². The summed E-state index contributed by atoms with van der Waals surface area (Å²) in [6, 6.07) is 7.61. The lowest BCUT2D eigenvalue weighted by molar-refractivity contribution is -0.116. The monoisotopic (exact) mass is 354 g/mol. The Balaban J connectivity index is 1.87. The van der Waals surface area contributed by atoms with Crippen LogP contribution in [0.2, 0.25) is 0 Å². The molecule has 1 aliphatic rings. The fraction of sp³-hybridized carbons (Fsp3) is 0.450. The summed E-state index contributed by atoms with van der Waals surface area (Å²) in [4.78, 5) is 32.1. The molecule has 6 nitrogen and oxygen atoms in total. The molecule has 1 fully saturated rings. The number of nitrogens with zero attached hydrogens (tertiary/aromatic N) is 3. The minimum Gasteiger partial charge on any atom is -0.342 e. The second kappa shape index (κ2) is 7.72. The van der Waals surface area contributed by atoms with Gasteiger partial charge in [0.25, 0.3) is 5.56 Å². The lowest BCUT2D eigenvalue weighted by Crippen LogP contribution is -2.39. The molecule has 0 atom stereocenters. The van der Waals surface area contributed by atoms with Crippen LogP contribution in [-0.4, -0.2) is 28.5 Å². The topological polar surface area (TPSA) is 67.2 Å². The summed E-state index contributed by atoms with van der Waals surface area (Å²) >= 11 is 0. The van der Waals surface area contributed by atoms with Crippen molar-refractivity contribution in [2.45, 2.75) is 46.6 Å². The molecule has 0 saturated carbocycles. The number of hydrogen-bond acceptors (Lipinski definition) is 4. The number of hydrogen-bond donors (Lipinski definition) is 1. The lowest BCUT2D eigenvalue weighted by atomic mass is 10.1. The van der Waals surface area contributed by atoms with E-state index in [0.717, 1.165) is 42.9 Å². The minimum absolute atomic E-state index is 0.0351. The highest BCUT2D eigenvalue weighted by Crippen LogP contribution is 2.18. The fourth-order valence-electron chi connectivity index (χ4n) is 3.20. The first-order valence-corrected chi connectivity index (χ1v) is 9.15. The summed E-state index contributed by atoms with van der Waals surface area (Å²) in [5.41, 5.74) is 3.03. The van der Waals surface area contributed by atoms with E-state index in [1.165, 1.54) is 11.0 Å². The maximum absolute atomic E-state index is 12.8. The molecule has 138 valence electrons. The first-order valence-electron chi connectivity index (χ1n) is 9.15. The summed E-state index contributed by atoms with van der Waals surface area (Å²) < 4.78 is 1.51. The molecule has 1 amide bonds. The van der Waals surface area contributed by atoms with E-state index >= 15 is 0 Å². The highest BCUT2D eigenvalue weighted by Gasteiger charge is 2.20. The normalized spacial score (nSPS) is 14.3. The Morgan fingerprint density at radius 2 is 1.73 bits per heavy atom. The third-order valence-electron chi connectivity index (χ3n) is 4.89. The van der Waals surface area contributed by atoms with E-state index in [1.54, 1.807) is 6.92 Å². The van der Waals surface area contributed by atoms with Gasteiger partial charge in [-0.15, -0.1) is 0 Å². The van der Waals surface area contributed by atoms with Gasteiger partial charge in [-0.3, -0.25) is 14.2 Å². The van der Waals surface area contributed by atoms with Crippen LogP contribution >= 0.6 is 0 Å². The molecule has 2 heterocycles. The number of aromatic nitrogens is 2. The van der Waals surface area contributed by atoms with Gasteiger partial charge in [-0.2, -0.15) is 0 Å². The number of amides is 1. The van der Waals surface area contributed by atoms with Gasteiger partial charge < -0.3 is 10.2 Å². The standard InChI is InChI=1S/C20H26N4O2/c1-14-7-9-17(10-8-14)22-18(25)13-24-19(26)15(2)16(3)21-20(24)23-11-5-4-6-12-23/h7-10H,4-6,11-13H2,1-3H3,(H,22,25). The van der Waals surface area contributed by atoms with Crippen LogP contribution in [0, 0.1) is 20.8 Å². The summed E-state index contributed by atoms with van der Waals surface area (Å²) in [5, 5.41) is 2.86. The van der Waals surface area contributed by atoms with Gasteiger partial charge in [0.1, 0.15) is 6.54 Å². The van der Waals surface area contributed by atoms with E-state index in [9.17, 15) is 9.59 Å². The Kier molecular flexibility index (Phi) is 5.40. The van der Waals surface area contributed by atoms with Crippen molar-refractivity contribution >= 4 is 17.5 Å². The Hall–Kier alpha value is -2.63. The molecule has 3 rings (SSSR count). The number of carbonyl (C=O) groups is 1. The van der Waals surface area contributed by atoms with Crippen LogP contribution in [0.15, 0.2) is 29.1 Å². The van der Waals surface area contributed by atoms with Crippen LogP contribution in [0.4, 0.5) is 11.6 Å². The van der Waals surface area contributed by atoms with Gasteiger partial charge in [0.15, 0.2) is 0 Å². The van der Waals surface area contributed by atoms with Gasteiger partial charge in [0.05, 0.1) is 0 Å². The zero-order chi connectivity index (χ0) is 18.7. The second-order valence-corrected chi connectivity index (χ2v) is 6.98. The number of aryl methyl sites for hydroxylation is 2. The molecular weight excluding hydrogens is 328 g/mol. The van der Waals surface area contributed by atoms with Crippen molar-refractivity contribution < 1.29 is 4.79 Å². The van der Waals surface area contributed by atoms with Crippen LogP contribution in [0.1, 0.15) is 36.1 Å². The zero-order valence-electron chi connectivity index (χ0n) is 15.7. The lowest BCUT2D eigenvalue weighted by Gasteiger charge is -2.30. The van der Waals surface area contributed by atoms with Crippen LogP contribution in [0.25, 0.3) is 0 Å². The summed E-state index contributed by atoms with van der Waals surface area (Å²) in [7, 11) is 0. The molecule has 0 unspecified atom stereocenters. The van der Waals surface area contributed by atoms with Gasteiger partial charge in [-0.25, -0.2) is 4.98 Å². The zero-order valence-corrected chi connectivity index (χ0v) is 15.7. The third kappa shape index (κ3) is 3.95. The number of anilines is 2. The average molecular weight is 354 g/mol. The summed E-state index contributed by atoms with van der Waals surface area (Å²) in [6.07, 6.45) is 3.36. The summed E-state index contributed by atoms with van der Waals surface area (Å²) in [6.45, 7) is 7.31. The number of piperidine rings is 1. The quantitative estimate of drug-likeness (QED) is 0.917. The highest BCUT2D eigenvalue weighted by molar-refractivity contribution is 5.90. The van der Waals surface area contributed by atoms with Gasteiger partial charge in [0, 0.05) is 30.0 Å². The molecule has 0 aliphatic carbocycles. The van der Waals surface area contributed by atoms with Gasteiger partial charge >= 0.3 is 0 Å². The Morgan fingerprint density at radius 3 is 2.38 bits per heavy atom. The SMILES string of the molecule is Cc1ccc(NC(=O)Cn2c(N3CCCCC3)nc(C)c(C)c2=O)cc1. The van der Waals surface area contributed by atoms with Crippen molar-refractivity contribution in [3.63, 3.8) is 0 Å². The molecule has 1 N–H and O–H groups in total. The largest absolute Gasteiger partial charge is 0.342 e. The molecule has 6 heteroatoms. The highest BCUT2D eigenvalue weighted by atomic mass is 16.2. The molecular formula is C20H26N4O2. The molecule has 1 aromatic heterocycles. The Morgan fingerprint density at radius 1 is 1.08 bits per heavy atom. The first-order chi connectivity index (χ1) is 12.5. The van der Waals surface area contributed by atoms with E-state index in [2.05, 4.69) is 15.2 Å². The number of rotatable bonds is 4. The van der Waals surface area contributed by atoms with E-state index in [1.807, 2.05) is 38.1 Å². The smallest absolute Gasteiger partial charge is 0.258 e. The first kappa shape index (κ1) is 18.2. The second-order valence-electron chi connectivity index (χ2n) is 6.98. The van der Waals surface area contributed by atoms with Gasteiger partial charge in [-0.05, 0) is 52.2 Å². The molecule has 0 radical (unpaired) electrons. The molecule has 26 heavy (non-hydrogen) atoms. The third-order valence-corrected chi connectivity index (χ3v) is 4.89. The van der Waals surface area contributed by atoms with Crippen molar-refractivity contribution in [3.05, 3.63) is 51.4 Å². The number of benzene rings is 1. The molecule has 1 saturated heterocycles. The number of carbonyl (C=O) groups excluding carboxylic acids is 1. The van der Waals surface area contributed by atoms with Crippen LogP contribution in [0.3, 0.4) is 0 Å².